The number of aliphatic hydroxyl groups is 1. The summed E-state index contributed by atoms with van der Waals surface area (Å²) in [6, 6.07) is 0. The Balaban J connectivity index is 2.80. The van der Waals surface area contributed by atoms with E-state index in [1.165, 1.54) is 10.8 Å². The van der Waals surface area contributed by atoms with Crippen molar-refractivity contribution in [3.8, 4) is 0 Å². The molecule has 0 aliphatic carbocycles. The molecule has 1 aromatic rings. The number of hydrogen-bond donors (Lipinski definition) is 2. The van der Waals surface area contributed by atoms with Gasteiger partial charge in [0.05, 0.1) is 12.6 Å². The van der Waals surface area contributed by atoms with Gasteiger partial charge in [0.2, 0.25) is 0 Å². The predicted molar refractivity (Wildman–Crippen MR) is 65.5 cm³/mol. The Morgan fingerprint density at radius 1 is 1.69 bits per heavy atom. The van der Waals surface area contributed by atoms with E-state index in [1.54, 1.807) is 6.92 Å². The first-order valence-electron chi connectivity index (χ1n) is 5.17. The Labute approximate surface area is 103 Å². The number of halogens is 1. The first-order valence-corrected chi connectivity index (χ1v) is 5.96. The highest BCUT2D eigenvalue weighted by atomic mass is 79.9. The summed E-state index contributed by atoms with van der Waals surface area (Å²) in [4.78, 5) is 15.8. The SMILES string of the molecule is CCNCC(O)Cn1c(C)ncc(Br)c1=O. The van der Waals surface area contributed by atoms with Crippen LogP contribution in [0.1, 0.15) is 12.7 Å². The molecule has 0 saturated carbocycles. The zero-order valence-corrected chi connectivity index (χ0v) is 11.0. The van der Waals surface area contributed by atoms with Crippen LogP contribution >= 0.6 is 15.9 Å². The quantitative estimate of drug-likeness (QED) is 0.817. The molecule has 16 heavy (non-hydrogen) atoms. The van der Waals surface area contributed by atoms with E-state index in [0.717, 1.165) is 6.54 Å². The number of likely N-dealkylation sites (N-methyl/N-ethyl adjacent to an activating group) is 1. The molecule has 0 bridgehead atoms. The van der Waals surface area contributed by atoms with Crippen LogP contribution in [-0.4, -0.2) is 33.9 Å². The van der Waals surface area contributed by atoms with Gasteiger partial charge in [-0.25, -0.2) is 4.98 Å². The third-order valence-electron chi connectivity index (χ3n) is 2.23. The van der Waals surface area contributed by atoms with E-state index in [-0.39, 0.29) is 12.1 Å². The molecule has 0 aliphatic rings. The second-order valence-electron chi connectivity index (χ2n) is 3.53. The Kier molecular flexibility index (Phi) is 5.11. The molecule has 1 atom stereocenters. The van der Waals surface area contributed by atoms with Crippen molar-refractivity contribution in [1.82, 2.24) is 14.9 Å². The van der Waals surface area contributed by atoms with Crippen LogP contribution in [0.5, 0.6) is 0 Å². The Morgan fingerprint density at radius 2 is 2.38 bits per heavy atom. The van der Waals surface area contributed by atoms with Crippen molar-refractivity contribution in [2.75, 3.05) is 13.1 Å². The Hall–Kier alpha value is -0.720. The molecule has 1 aromatic heterocycles. The van der Waals surface area contributed by atoms with Gasteiger partial charge in [-0.15, -0.1) is 0 Å². The summed E-state index contributed by atoms with van der Waals surface area (Å²) in [6.45, 7) is 5.22. The molecule has 2 N–H and O–H groups in total. The molecule has 0 spiro atoms. The third kappa shape index (κ3) is 3.40. The molecule has 0 radical (unpaired) electrons. The molecule has 6 heteroatoms. The minimum atomic E-state index is -0.590. The number of nitrogens with one attached hydrogen (secondary N) is 1. The van der Waals surface area contributed by atoms with Crippen molar-refractivity contribution >= 4 is 15.9 Å². The molecule has 1 unspecified atom stereocenters. The topological polar surface area (TPSA) is 67.2 Å². The number of rotatable bonds is 5. The minimum absolute atomic E-state index is 0.164. The highest BCUT2D eigenvalue weighted by Gasteiger charge is 2.10. The fraction of sp³-hybridized carbons (Fsp3) is 0.600. The maximum Gasteiger partial charge on any atom is 0.267 e. The molecular weight excluding hydrogens is 274 g/mol. The lowest BCUT2D eigenvalue weighted by Crippen LogP contribution is -2.35. The van der Waals surface area contributed by atoms with Gasteiger partial charge in [-0.05, 0) is 29.4 Å². The van der Waals surface area contributed by atoms with E-state index in [1.807, 2.05) is 6.92 Å². The van der Waals surface area contributed by atoms with E-state index >= 15 is 0 Å². The fourth-order valence-corrected chi connectivity index (χ4v) is 1.67. The first-order chi connectivity index (χ1) is 7.56. The molecule has 0 amide bonds. The van der Waals surface area contributed by atoms with Crippen LogP contribution in [0.4, 0.5) is 0 Å². The Bertz CT molecular complexity index is 406. The summed E-state index contributed by atoms with van der Waals surface area (Å²) in [7, 11) is 0. The van der Waals surface area contributed by atoms with Gasteiger partial charge < -0.3 is 10.4 Å². The standard InChI is InChI=1S/C10H16BrN3O2/c1-3-12-4-8(15)6-14-7(2)13-5-9(11)10(14)16/h5,8,12,15H,3-4,6H2,1-2H3. The van der Waals surface area contributed by atoms with Crippen molar-refractivity contribution in [1.29, 1.82) is 0 Å². The second-order valence-corrected chi connectivity index (χ2v) is 4.38. The maximum absolute atomic E-state index is 11.7. The average molecular weight is 290 g/mol. The largest absolute Gasteiger partial charge is 0.390 e. The summed E-state index contributed by atoms with van der Waals surface area (Å²) in [5.41, 5.74) is -0.164. The van der Waals surface area contributed by atoms with Gasteiger partial charge in [0.25, 0.3) is 5.56 Å². The smallest absolute Gasteiger partial charge is 0.267 e. The highest BCUT2D eigenvalue weighted by molar-refractivity contribution is 9.10. The van der Waals surface area contributed by atoms with Gasteiger partial charge >= 0.3 is 0 Å². The lowest BCUT2D eigenvalue weighted by atomic mass is 10.3. The van der Waals surface area contributed by atoms with Crippen molar-refractivity contribution in [2.45, 2.75) is 26.5 Å². The third-order valence-corrected chi connectivity index (χ3v) is 2.77. The van der Waals surface area contributed by atoms with Gasteiger partial charge in [-0.1, -0.05) is 6.92 Å². The van der Waals surface area contributed by atoms with Crippen molar-refractivity contribution < 1.29 is 5.11 Å². The van der Waals surface area contributed by atoms with Crippen LogP contribution in [0.15, 0.2) is 15.5 Å². The van der Waals surface area contributed by atoms with E-state index < -0.39 is 6.10 Å². The van der Waals surface area contributed by atoms with E-state index in [9.17, 15) is 9.90 Å². The molecule has 5 nitrogen and oxygen atoms in total. The minimum Gasteiger partial charge on any atom is -0.390 e. The monoisotopic (exact) mass is 289 g/mol. The van der Waals surface area contributed by atoms with Gasteiger partial charge in [-0.3, -0.25) is 9.36 Å². The molecule has 0 saturated heterocycles. The summed E-state index contributed by atoms with van der Waals surface area (Å²) < 4.78 is 1.88. The van der Waals surface area contributed by atoms with Crippen LogP contribution in [0.2, 0.25) is 0 Å². The summed E-state index contributed by atoms with van der Waals surface area (Å²) in [5, 5.41) is 12.7. The second kappa shape index (κ2) is 6.12. The first kappa shape index (κ1) is 13.3. The van der Waals surface area contributed by atoms with Crippen LogP contribution in [0.25, 0.3) is 0 Å². The molecule has 90 valence electrons. The average Bonchev–Trinajstić information content (AvgIpc) is 2.27. The zero-order valence-electron chi connectivity index (χ0n) is 9.40. The molecule has 0 fully saturated rings. The van der Waals surface area contributed by atoms with Crippen LogP contribution in [0.3, 0.4) is 0 Å². The molecular formula is C10H16BrN3O2. The van der Waals surface area contributed by atoms with Crippen LogP contribution in [0, 0.1) is 6.92 Å². The van der Waals surface area contributed by atoms with Crippen LogP contribution < -0.4 is 10.9 Å². The molecule has 1 heterocycles. The lowest BCUT2D eigenvalue weighted by Gasteiger charge is -2.14. The highest BCUT2D eigenvalue weighted by Crippen LogP contribution is 2.02. The maximum atomic E-state index is 11.7. The van der Waals surface area contributed by atoms with Crippen molar-refractivity contribution in [2.24, 2.45) is 0 Å². The Morgan fingerprint density at radius 3 is 3.00 bits per heavy atom. The van der Waals surface area contributed by atoms with Crippen molar-refractivity contribution in [3.05, 3.63) is 26.8 Å². The molecule has 0 aromatic carbocycles. The molecule has 1 rings (SSSR count). The van der Waals surface area contributed by atoms with E-state index in [0.29, 0.717) is 16.8 Å². The van der Waals surface area contributed by atoms with Gasteiger partial charge in [0.15, 0.2) is 0 Å². The van der Waals surface area contributed by atoms with Gasteiger partial charge in [-0.2, -0.15) is 0 Å². The summed E-state index contributed by atoms with van der Waals surface area (Å²) in [5.74, 6) is 0.601. The van der Waals surface area contributed by atoms with E-state index in [4.69, 9.17) is 0 Å². The van der Waals surface area contributed by atoms with Gasteiger partial charge in [0.1, 0.15) is 10.3 Å². The lowest BCUT2D eigenvalue weighted by molar-refractivity contribution is 0.149. The fourth-order valence-electron chi connectivity index (χ4n) is 1.35. The zero-order chi connectivity index (χ0) is 12.1. The summed E-state index contributed by atoms with van der Waals surface area (Å²) in [6.07, 6.45) is 0.887. The number of nitrogens with zero attached hydrogens (tertiary/aromatic N) is 2. The summed E-state index contributed by atoms with van der Waals surface area (Å²) >= 11 is 3.13. The molecule has 0 aliphatic heterocycles. The normalized spacial score (nSPS) is 12.8. The number of aryl methyl sites for hydroxylation is 1. The number of aromatic nitrogens is 2. The number of hydrogen-bond acceptors (Lipinski definition) is 4. The van der Waals surface area contributed by atoms with Crippen LogP contribution in [-0.2, 0) is 6.54 Å². The predicted octanol–water partition coefficient (Wildman–Crippen LogP) is 0.285. The van der Waals surface area contributed by atoms with Crippen molar-refractivity contribution in [3.63, 3.8) is 0 Å². The number of aliphatic hydroxyl groups excluding tert-OH is 1. The van der Waals surface area contributed by atoms with E-state index in [2.05, 4.69) is 26.2 Å². The van der Waals surface area contributed by atoms with Gasteiger partial charge in [0, 0.05) is 12.7 Å².